The number of aromatic nitrogens is 2. The van der Waals surface area contributed by atoms with Crippen molar-refractivity contribution in [3.63, 3.8) is 0 Å². The third kappa shape index (κ3) is 4.06. The van der Waals surface area contributed by atoms with Gasteiger partial charge < -0.3 is 4.57 Å². The van der Waals surface area contributed by atoms with Crippen LogP contribution in [-0.2, 0) is 6.54 Å². The van der Waals surface area contributed by atoms with Gasteiger partial charge in [0.1, 0.15) is 11.7 Å². The van der Waals surface area contributed by atoms with Gasteiger partial charge in [-0.25, -0.2) is 4.98 Å². The molecule has 0 radical (unpaired) electrons. The minimum atomic E-state index is -0.883. The quantitative estimate of drug-likeness (QED) is 0.413. The maximum Gasteiger partial charge on any atom is 0.181 e. The molecule has 0 aliphatic rings. The molecule has 0 aliphatic carbocycles. The number of hydrogen-bond acceptors (Lipinski definition) is 3. The summed E-state index contributed by atoms with van der Waals surface area (Å²) in [6, 6.07) is 31.0. The summed E-state index contributed by atoms with van der Waals surface area (Å²) in [7, 11) is 0. The number of imidazole rings is 1. The van der Waals surface area contributed by atoms with E-state index in [-0.39, 0.29) is 5.78 Å². The maximum atomic E-state index is 13.3. The predicted molar refractivity (Wildman–Crippen MR) is 116 cm³/mol. The van der Waals surface area contributed by atoms with Crippen molar-refractivity contribution in [2.45, 2.75) is 12.5 Å². The van der Waals surface area contributed by atoms with Crippen LogP contribution in [0.15, 0.2) is 103 Å². The van der Waals surface area contributed by atoms with E-state index in [1.165, 1.54) is 0 Å². The molecule has 0 aliphatic heterocycles. The Morgan fingerprint density at radius 1 is 0.900 bits per heavy atom. The average molecular weight is 391 g/mol. The first-order valence-corrected chi connectivity index (χ1v) is 9.86. The Balaban J connectivity index is 1.78. The number of ketones is 1. The number of nitrogens with zero attached hydrogens (tertiary/aromatic N) is 3. The minimum Gasteiger partial charge on any atom is -0.330 e. The first-order chi connectivity index (χ1) is 14.8. The Morgan fingerprint density at radius 2 is 1.50 bits per heavy atom. The first-order valence-electron chi connectivity index (χ1n) is 9.86. The van der Waals surface area contributed by atoms with E-state index < -0.39 is 11.8 Å². The molecule has 0 saturated carbocycles. The number of hydrogen-bond donors (Lipinski definition) is 0. The smallest absolute Gasteiger partial charge is 0.181 e. The van der Waals surface area contributed by atoms with Crippen LogP contribution < -0.4 is 0 Å². The lowest BCUT2D eigenvalue weighted by molar-refractivity contribution is 0.0938. The molecule has 30 heavy (non-hydrogen) atoms. The molecule has 3 aromatic carbocycles. The van der Waals surface area contributed by atoms with Gasteiger partial charge >= 0.3 is 0 Å². The van der Waals surface area contributed by atoms with Crippen molar-refractivity contribution in [1.82, 2.24) is 9.55 Å². The van der Waals surface area contributed by atoms with Crippen LogP contribution in [0.25, 0.3) is 0 Å². The summed E-state index contributed by atoms with van der Waals surface area (Å²) in [4.78, 5) is 17.9. The zero-order valence-corrected chi connectivity index (χ0v) is 16.4. The van der Waals surface area contributed by atoms with E-state index in [1.807, 2.05) is 77.5 Å². The molecule has 146 valence electrons. The van der Waals surface area contributed by atoms with Crippen LogP contribution in [-0.4, -0.2) is 15.3 Å². The Morgan fingerprint density at radius 3 is 2.13 bits per heavy atom. The van der Waals surface area contributed by atoms with E-state index >= 15 is 0 Å². The van der Waals surface area contributed by atoms with E-state index in [1.54, 1.807) is 18.3 Å². The Hall–Kier alpha value is -3.97. The third-order valence-electron chi connectivity index (χ3n) is 5.19. The molecule has 0 saturated heterocycles. The fourth-order valence-corrected chi connectivity index (χ4v) is 3.73. The van der Waals surface area contributed by atoms with Gasteiger partial charge in [0.05, 0.1) is 12.0 Å². The van der Waals surface area contributed by atoms with Gasteiger partial charge in [-0.05, 0) is 11.1 Å². The van der Waals surface area contributed by atoms with Crippen molar-refractivity contribution >= 4 is 5.78 Å². The largest absolute Gasteiger partial charge is 0.330 e. The second-order valence-electron chi connectivity index (χ2n) is 7.12. The Bertz CT molecular complexity index is 1150. The van der Waals surface area contributed by atoms with E-state index in [0.29, 0.717) is 17.9 Å². The number of carbonyl (C=O) groups is 1. The Kier molecular flexibility index (Phi) is 5.82. The van der Waals surface area contributed by atoms with Crippen LogP contribution in [0.5, 0.6) is 0 Å². The minimum absolute atomic E-state index is 0.193. The van der Waals surface area contributed by atoms with Crippen LogP contribution >= 0.6 is 0 Å². The molecule has 4 nitrogen and oxygen atoms in total. The van der Waals surface area contributed by atoms with Crippen molar-refractivity contribution < 1.29 is 4.79 Å². The highest BCUT2D eigenvalue weighted by atomic mass is 16.1. The highest BCUT2D eigenvalue weighted by Crippen LogP contribution is 2.33. The van der Waals surface area contributed by atoms with Gasteiger partial charge in [0.2, 0.25) is 0 Å². The molecule has 0 bridgehead atoms. The summed E-state index contributed by atoms with van der Waals surface area (Å²) in [5, 5.41) is 10.1. The van der Waals surface area contributed by atoms with Crippen molar-refractivity contribution in [3.8, 4) is 6.07 Å². The van der Waals surface area contributed by atoms with Crippen molar-refractivity contribution in [1.29, 1.82) is 5.26 Å². The summed E-state index contributed by atoms with van der Waals surface area (Å²) >= 11 is 0. The standard InChI is InChI=1S/C26H21N3O/c27-18-23(25(30)22-14-8-3-9-15-22)24(21-12-6-2-7-13-21)26-28-16-17-29(26)19-20-10-4-1-5-11-20/h1-17,23-24H,19H2. The zero-order chi connectivity index (χ0) is 20.8. The summed E-state index contributed by atoms with van der Waals surface area (Å²) in [6.45, 7) is 0.622. The molecule has 0 N–H and O–H groups in total. The summed E-state index contributed by atoms with van der Waals surface area (Å²) < 4.78 is 2.02. The summed E-state index contributed by atoms with van der Waals surface area (Å²) in [5.74, 6) is -0.837. The molecule has 4 aromatic rings. The molecule has 2 atom stereocenters. The molecule has 0 amide bonds. The van der Waals surface area contributed by atoms with Crippen molar-refractivity contribution in [2.75, 3.05) is 0 Å². The van der Waals surface area contributed by atoms with Gasteiger partial charge in [0.15, 0.2) is 5.78 Å². The highest BCUT2D eigenvalue weighted by Gasteiger charge is 2.34. The van der Waals surface area contributed by atoms with Gasteiger partial charge in [0.25, 0.3) is 0 Å². The number of nitriles is 1. The average Bonchev–Trinajstić information content (AvgIpc) is 3.26. The second-order valence-corrected chi connectivity index (χ2v) is 7.12. The fourth-order valence-electron chi connectivity index (χ4n) is 3.73. The number of benzene rings is 3. The number of carbonyl (C=O) groups excluding carboxylic acids is 1. The molecule has 1 aromatic heterocycles. The van der Waals surface area contributed by atoms with Gasteiger partial charge in [-0.15, -0.1) is 0 Å². The van der Waals surface area contributed by atoms with E-state index in [4.69, 9.17) is 0 Å². The number of rotatable bonds is 7. The highest BCUT2D eigenvalue weighted by molar-refractivity contribution is 6.00. The Labute approximate surface area is 176 Å². The SMILES string of the molecule is N#CC(C(=O)c1ccccc1)C(c1ccccc1)c1nccn1Cc1ccccc1. The van der Waals surface area contributed by atoms with Crippen LogP contribution in [0, 0.1) is 17.2 Å². The van der Waals surface area contributed by atoms with E-state index in [0.717, 1.165) is 11.1 Å². The second kappa shape index (κ2) is 9.02. The van der Waals surface area contributed by atoms with Gasteiger partial charge in [-0.2, -0.15) is 5.26 Å². The van der Waals surface area contributed by atoms with E-state index in [2.05, 4.69) is 23.2 Å². The fraction of sp³-hybridized carbons (Fsp3) is 0.115. The van der Waals surface area contributed by atoms with Crippen LogP contribution in [0.3, 0.4) is 0 Å². The zero-order valence-electron chi connectivity index (χ0n) is 16.4. The summed E-state index contributed by atoms with van der Waals surface area (Å²) in [5.41, 5.74) is 2.56. The lowest BCUT2D eigenvalue weighted by Gasteiger charge is -2.23. The van der Waals surface area contributed by atoms with Gasteiger partial charge in [-0.1, -0.05) is 91.0 Å². The normalized spacial score (nSPS) is 12.6. The molecule has 0 fully saturated rings. The van der Waals surface area contributed by atoms with Gasteiger partial charge in [-0.3, -0.25) is 4.79 Å². The van der Waals surface area contributed by atoms with Crippen LogP contribution in [0.1, 0.15) is 33.2 Å². The molecular weight excluding hydrogens is 370 g/mol. The van der Waals surface area contributed by atoms with Gasteiger partial charge in [0, 0.05) is 24.5 Å². The first kappa shape index (κ1) is 19.4. The van der Waals surface area contributed by atoms with E-state index in [9.17, 15) is 10.1 Å². The topological polar surface area (TPSA) is 58.7 Å². The van der Waals surface area contributed by atoms with Crippen molar-refractivity contribution in [3.05, 3.63) is 126 Å². The molecule has 1 heterocycles. The third-order valence-corrected chi connectivity index (χ3v) is 5.19. The molecule has 4 rings (SSSR count). The predicted octanol–water partition coefficient (Wildman–Crippen LogP) is 5.09. The number of Topliss-reactive ketones (excluding diaryl/α,β-unsaturated/α-hetero) is 1. The molecule has 4 heteroatoms. The summed E-state index contributed by atoms with van der Waals surface area (Å²) in [6.07, 6.45) is 3.63. The maximum absolute atomic E-state index is 13.3. The van der Waals surface area contributed by atoms with Crippen LogP contribution in [0.4, 0.5) is 0 Å². The van der Waals surface area contributed by atoms with Crippen molar-refractivity contribution in [2.24, 2.45) is 5.92 Å². The van der Waals surface area contributed by atoms with Crippen LogP contribution in [0.2, 0.25) is 0 Å². The monoisotopic (exact) mass is 391 g/mol. The molecular formula is C26H21N3O. The molecule has 2 unspecified atom stereocenters. The lowest BCUT2D eigenvalue weighted by Crippen LogP contribution is -2.25. The molecule has 0 spiro atoms. The lowest BCUT2D eigenvalue weighted by atomic mass is 9.81.